The van der Waals surface area contributed by atoms with Crippen molar-refractivity contribution in [2.75, 3.05) is 0 Å². The van der Waals surface area contributed by atoms with Gasteiger partial charge in [-0.2, -0.15) is 5.06 Å². The van der Waals surface area contributed by atoms with Gasteiger partial charge in [-0.05, 0) is 12.3 Å². The first-order valence-corrected chi connectivity index (χ1v) is 4.36. The van der Waals surface area contributed by atoms with Crippen molar-refractivity contribution >= 4 is 11.8 Å². The molecular weight excluding hydrogens is 170 g/mol. The van der Waals surface area contributed by atoms with Gasteiger partial charge < -0.3 is 0 Å². The predicted octanol–water partition coefficient (Wildman–Crippen LogP) is 0.573. The summed E-state index contributed by atoms with van der Waals surface area (Å²) in [5.74, 6) is -1.54. The average molecular weight is 181 g/mol. The van der Waals surface area contributed by atoms with E-state index in [2.05, 4.69) is 0 Å². The lowest BCUT2D eigenvalue weighted by molar-refractivity contribution is -0.173. The molecule has 0 aromatic heterocycles. The van der Waals surface area contributed by atoms with E-state index in [4.69, 9.17) is 5.21 Å². The molecule has 70 valence electrons. The van der Waals surface area contributed by atoms with Crippen LogP contribution in [-0.2, 0) is 9.59 Å². The number of hydrogen-bond donors (Lipinski definition) is 1. The molecule has 1 N–H and O–H groups in total. The molecule has 0 radical (unpaired) electrons. The van der Waals surface area contributed by atoms with Gasteiger partial charge in [0, 0.05) is 0 Å². The molecule has 0 aromatic carbocycles. The molecule has 0 aromatic rings. The van der Waals surface area contributed by atoms with Gasteiger partial charge in [0.2, 0.25) is 0 Å². The molecule has 1 aliphatic heterocycles. The number of carbonyl (C=O) groups is 2. The molecule has 3 atom stereocenters. The van der Waals surface area contributed by atoms with E-state index in [1.165, 1.54) is 0 Å². The Morgan fingerprint density at radius 3 is 2.77 bits per heavy atom. The Bertz CT molecular complexity index is 297. The van der Waals surface area contributed by atoms with Crippen LogP contribution in [0.3, 0.4) is 0 Å². The van der Waals surface area contributed by atoms with Crippen molar-refractivity contribution < 1.29 is 14.8 Å². The second kappa shape index (κ2) is 2.67. The maximum absolute atomic E-state index is 11.4. The highest BCUT2D eigenvalue weighted by molar-refractivity contribution is 6.04. The van der Waals surface area contributed by atoms with E-state index in [0.717, 1.165) is 0 Å². The molecule has 13 heavy (non-hydrogen) atoms. The Morgan fingerprint density at radius 1 is 1.46 bits per heavy atom. The van der Waals surface area contributed by atoms with Crippen molar-refractivity contribution in [3.05, 3.63) is 12.2 Å². The van der Waals surface area contributed by atoms with Crippen LogP contribution in [0.1, 0.15) is 13.3 Å². The standard InChI is InChI=1S/C9H11NO3/c1-5-3-2-4-6-7(5)9(12)10(13)8(6)11/h2-3,5-7,13H,4H2,1H3/t5-,6+,7+/m0/s1. The van der Waals surface area contributed by atoms with Crippen LogP contribution in [0, 0.1) is 17.8 Å². The van der Waals surface area contributed by atoms with E-state index in [0.29, 0.717) is 6.42 Å². The molecule has 4 heteroatoms. The zero-order valence-corrected chi connectivity index (χ0v) is 7.30. The lowest BCUT2D eigenvalue weighted by Gasteiger charge is -2.21. The summed E-state index contributed by atoms with van der Waals surface area (Å²) in [6.45, 7) is 1.89. The summed E-state index contributed by atoms with van der Waals surface area (Å²) in [4.78, 5) is 22.7. The lowest BCUT2D eigenvalue weighted by atomic mass is 9.78. The van der Waals surface area contributed by atoms with Crippen molar-refractivity contribution in [2.45, 2.75) is 13.3 Å². The minimum absolute atomic E-state index is 0.0485. The molecule has 1 fully saturated rings. The fraction of sp³-hybridized carbons (Fsp3) is 0.556. The van der Waals surface area contributed by atoms with Crippen LogP contribution < -0.4 is 0 Å². The first kappa shape index (κ1) is 8.44. The van der Waals surface area contributed by atoms with Crippen molar-refractivity contribution in [3.63, 3.8) is 0 Å². The van der Waals surface area contributed by atoms with Crippen molar-refractivity contribution in [1.29, 1.82) is 0 Å². The number of imide groups is 1. The second-order valence-electron chi connectivity index (χ2n) is 3.64. The van der Waals surface area contributed by atoms with Crippen molar-refractivity contribution in [3.8, 4) is 0 Å². The molecule has 1 heterocycles. The fourth-order valence-corrected chi connectivity index (χ4v) is 2.13. The number of hydroxylamine groups is 2. The van der Waals surface area contributed by atoms with Gasteiger partial charge in [0.05, 0.1) is 11.8 Å². The van der Waals surface area contributed by atoms with Gasteiger partial charge in [0.25, 0.3) is 11.8 Å². The van der Waals surface area contributed by atoms with Gasteiger partial charge >= 0.3 is 0 Å². The minimum Gasteiger partial charge on any atom is -0.278 e. The van der Waals surface area contributed by atoms with Crippen LogP contribution in [0.5, 0.6) is 0 Å². The summed E-state index contributed by atoms with van der Waals surface area (Å²) >= 11 is 0. The number of carbonyl (C=O) groups excluding carboxylic acids is 2. The molecule has 2 amide bonds. The highest BCUT2D eigenvalue weighted by atomic mass is 16.5. The van der Waals surface area contributed by atoms with Crippen molar-refractivity contribution in [1.82, 2.24) is 5.06 Å². The Balaban J connectivity index is 2.36. The largest absolute Gasteiger partial charge is 0.278 e. The highest BCUT2D eigenvalue weighted by Crippen LogP contribution is 2.37. The van der Waals surface area contributed by atoms with Gasteiger partial charge in [-0.3, -0.25) is 14.8 Å². The molecule has 0 spiro atoms. The third-order valence-corrected chi connectivity index (χ3v) is 2.85. The molecular formula is C9H11NO3. The SMILES string of the molecule is C[C@H]1C=CC[C@H]2C(=O)N(O)C(=O)[C@H]12. The van der Waals surface area contributed by atoms with Crippen LogP contribution in [0.2, 0.25) is 0 Å². The summed E-state index contributed by atoms with van der Waals surface area (Å²) in [7, 11) is 0. The molecule has 1 aliphatic carbocycles. The number of hydrogen-bond acceptors (Lipinski definition) is 3. The van der Waals surface area contributed by atoms with Gasteiger partial charge in [0.1, 0.15) is 0 Å². The zero-order valence-electron chi connectivity index (χ0n) is 7.30. The van der Waals surface area contributed by atoms with Crippen LogP contribution >= 0.6 is 0 Å². The van der Waals surface area contributed by atoms with Crippen LogP contribution in [-0.4, -0.2) is 22.1 Å². The van der Waals surface area contributed by atoms with Crippen LogP contribution in [0.4, 0.5) is 0 Å². The number of fused-ring (bicyclic) bond motifs is 1. The summed E-state index contributed by atoms with van der Waals surface area (Å²) in [6.07, 6.45) is 4.39. The van der Waals surface area contributed by atoms with Gasteiger partial charge in [-0.15, -0.1) is 0 Å². The summed E-state index contributed by atoms with van der Waals surface area (Å²) < 4.78 is 0. The topological polar surface area (TPSA) is 57.6 Å². The van der Waals surface area contributed by atoms with E-state index < -0.39 is 11.8 Å². The quantitative estimate of drug-likeness (QED) is 0.337. The molecule has 0 bridgehead atoms. The lowest BCUT2D eigenvalue weighted by Crippen LogP contribution is -2.28. The second-order valence-corrected chi connectivity index (χ2v) is 3.64. The summed E-state index contributed by atoms with van der Waals surface area (Å²) in [5.41, 5.74) is 0. The molecule has 0 saturated carbocycles. The minimum atomic E-state index is -0.453. The van der Waals surface area contributed by atoms with E-state index in [1.807, 2.05) is 19.1 Å². The maximum Gasteiger partial charge on any atom is 0.257 e. The Hall–Kier alpha value is -1.16. The molecule has 0 unspecified atom stereocenters. The zero-order chi connectivity index (χ0) is 9.59. The Labute approximate surface area is 75.8 Å². The van der Waals surface area contributed by atoms with Crippen LogP contribution in [0.25, 0.3) is 0 Å². The maximum atomic E-state index is 11.4. The Kier molecular flexibility index (Phi) is 1.73. The third kappa shape index (κ3) is 1.02. The smallest absolute Gasteiger partial charge is 0.257 e. The monoisotopic (exact) mass is 181 g/mol. The molecule has 4 nitrogen and oxygen atoms in total. The number of rotatable bonds is 0. The van der Waals surface area contributed by atoms with Gasteiger partial charge in [-0.1, -0.05) is 19.1 Å². The van der Waals surface area contributed by atoms with E-state index in [-0.39, 0.29) is 22.8 Å². The highest BCUT2D eigenvalue weighted by Gasteiger charge is 2.49. The molecule has 1 saturated heterocycles. The number of allylic oxidation sites excluding steroid dienone is 2. The van der Waals surface area contributed by atoms with Crippen molar-refractivity contribution in [2.24, 2.45) is 17.8 Å². The predicted molar refractivity (Wildman–Crippen MR) is 43.5 cm³/mol. The average Bonchev–Trinajstić information content (AvgIpc) is 2.33. The number of nitrogens with zero attached hydrogens (tertiary/aromatic N) is 1. The van der Waals surface area contributed by atoms with E-state index in [9.17, 15) is 9.59 Å². The molecule has 2 aliphatic rings. The van der Waals surface area contributed by atoms with E-state index >= 15 is 0 Å². The van der Waals surface area contributed by atoms with Gasteiger partial charge in [-0.25, -0.2) is 0 Å². The van der Waals surface area contributed by atoms with Crippen LogP contribution in [0.15, 0.2) is 12.2 Å². The van der Waals surface area contributed by atoms with E-state index in [1.54, 1.807) is 0 Å². The van der Waals surface area contributed by atoms with Gasteiger partial charge in [0.15, 0.2) is 0 Å². The fourth-order valence-electron chi connectivity index (χ4n) is 2.13. The normalized spacial score (nSPS) is 38.3. The number of amides is 2. The molecule has 2 rings (SSSR count). The summed E-state index contributed by atoms with van der Waals surface area (Å²) in [6, 6.07) is 0. The first-order chi connectivity index (χ1) is 6.13. The Morgan fingerprint density at radius 2 is 2.15 bits per heavy atom. The summed E-state index contributed by atoms with van der Waals surface area (Å²) in [5, 5.41) is 9.40. The first-order valence-electron chi connectivity index (χ1n) is 4.36. The third-order valence-electron chi connectivity index (χ3n) is 2.85.